The third kappa shape index (κ3) is 4.45. The highest BCUT2D eigenvalue weighted by molar-refractivity contribution is 5.88. The number of hydrogen-bond donors (Lipinski definition) is 2. The van der Waals surface area contributed by atoms with Gasteiger partial charge < -0.3 is 10.4 Å². The summed E-state index contributed by atoms with van der Waals surface area (Å²) in [7, 11) is 0. The summed E-state index contributed by atoms with van der Waals surface area (Å²) < 4.78 is 0. The summed E-state index contributed by atoms with van der Waals surface area (Å²) >= 11 is 0. The van der Waals surface area contributed by atoms with Crippen molar-refractivity contribution in [1.29, 1.82) is 0 Å². The van der Waals surface area contributed by atoms with Crippen LogP contribution in [0, 0.1) is 11.8 Å². The predicted octanol–water partition coefficient (Wildman–Crippen LogP) is 3.97. The number of pyridine rings is 1. The van der Waals surface area contributed by atoms with E-state index in [1.54, 1.807) is 12.1 Å². The second kappa shape index (κ2) is 6.92. The fourth-order valence-corrected chi connectivity index (χ4v) is 3.44. The molecule has 0 radical (unpaired) electrons. The summed E-state index contributed by atoms with van der Waals surface area (Å²) in [5.41, 5.74) is 1.18. The van der Waals surface area contributed by atoms with Crippen molar-refractivity contribution in [3.8, 4) is 0 Å². The van der Waals surface area contributed by atoms with Crippen LogP contribution in [-0.2, 0) is 6.42 Å². The number of nitrogens with one attached hydrogen (secondary N) is 1. The van der Waals surface area contributed by atoms with Gasteiger partial charge in [0, 0.05) is 11.7 Å². The standard InChI is InChI=1S/C17H26N2O2/c1-4-5-14-9-13(17(20)21)10-16(18-14)19-15-7-11(2)6-12(3)8-15/h9-12,15H,4-8H2,1-3H3,(H,18,19)(H,20,21). The average Bonchev–Trinajstić information content (AvgIpc) is 2.37. The minimum Gasteiger partial charge on any atom is -0.478 e. The van der Waals surface area contributed by atoms with Crippen LogP contribution in [0.5, 0.6) is 0 Å². The lowest BCUT2D eigenvalue weighted by molar-refractivity contribution is 0.0696. The molecule has 0 aliphatic heterocycles. The van der Waals surface area contributed by atoms with E-state index in [1.165, 1.54) is 6.42 Å². The van der Waals surface area contributed by atoms with Gasteiger partial charge in [0.2, 0.25) is 0 Å². The minimum absolute atomic E-state index is 0.327. The molecule has 2 unspecified atom stereocenters. The third-order valence-corrected chi connectivity index (χ3v) is 4.16. The fourth-order valence-electron chi connectivity index (χ4n) is 3.44. The van der Waals surface area contributed by atoms with E-state index in [0.717, 1.165) is 31.4 Å². The fraction of sp³-hybridized carbons (Fsp3) is 0.647. The van der Waals surface area contributed by atoms with Crippen LogP contribution in [0.4, 0.5) is 5.82 Å². The van der Waals surface area contributed by atoms with Gasteiger partial charge in [0.1, 0.15) is 5.82 Å². The molecule has 0 aromatic carbocycles. The van der Waals surface area contributed by atoms with Gasteiger partial charge in [-0.3, -0.25) is 0 Å². The molecule has 1 heterocycles. The Labute approximate surface area is 127 Å². The van der Waals surface area contributed by atoms with Gasteiger partial charge in [-0.25, -0.2) is 9.78 Å². The van der Waals surface area contributed by atoms with Crippen LogP contribution in [0.3, 0.4) is 0 Å². The molecule has 4 heteroatoms. The maximum absolute atomic E-state index is 11.3. The average molecular weight is 290 g/mol. The lowest BCUT2D eigenvalue weighted by Gasteiger charge is -2.32. The first-order chi connectivity index (χ1) is 9.97. The van der Waals surface area contributed by atoms with Crippen molar-refractivity contribution in [3.05, 3.63) is 23.4 Å². The Hall–Kier alpha value is -1.58. The molecule has 1 aliphatic carbocycles. The zero-order valence-corrected chi connectivity index (χ0v) is 13.2. The Morgan fingerprint density at radius 2 is 1.95 bits per heavy atom. The van der Waals surface area contributed by atoms with Gasteiger partial charge in [0.25, 0.3) is 0 Å². The van der Waals surface area contributed by atoms with E-state index in [9.17, 15) is 9.90 Å². The maximum atomic E-state index is 11.3. The van der Waals surface area contributed by atoms with Gasteiger partial charge in [-0.15, -0.1) is 0 Å². The van der Waals surface area contributed by atoms with Crippen LogP contribution in [0.2, 0.25) is 0 Å². The van der Waals surface area contributed by atoms with E-state index in [0.29, 0.717) is 29.3 Å². The molecule has 4 nitrogen and oxygen atoms in total. The van der Waals surface area contributed by atoms with E-state index in [1.807, 2.05) is 0 Å². The van der Waals surface area contributed by atoms with Crippen LogP contribution in [-0.4, -0.2) is 22.1 Å². The van der Waals surface area contributed by atoms with Crippen LogP contribution in [0.1, 0.15) is 62.5 Å². The Kier molecular flexibility index (Phi) is 5.21. The number of rotatable bonds is 5. The Bertz CT molecular complexity index is 492. The van der Waals surface area contributed by atoms with E-state index >= 15 is 0 Å². The van der Waals surface area contributed by atoms with Crippen molar-refractivity contribution in [2.24, 2.45) is 11.8 Å². The number of carbonyl (C=O) groups is 1. The first kappa shape index (κ1) is 15.8. The highest BCUT2D eigenvalue weighted by Gasteiger charge is 2.24. The number of anilines is 1. The summed E-state index contributed by atoms with van der Waals surface area (Å²) in [6.07, 6.45) is 5.32. The molecule has 2 N–H and O–H groups in total. The van der Waals surface area contributed by atoms with Crippen molar-refractivity contribution < 1.29 is 9.90 Å². The van der Waals surface area contributed by atoms with Crippen molar-refractivity contribution >= 4 is 11.8 Å². The number of aryl methyl sites for hydroxylation is 1. The minimum atomic E-state index is -0.886. The van der Waals surface area contributed by atoms with Gasteiger partial charge >= 0.3 is 5.97 Å². The van der Waals surface area contributed by atoms with Crippen LogP contribution >= 0.6 is 0 Å². The van der Waals surface area contributed by atoms with E-state index in [4.69, 9.17) is 0 Å². The highest BCUT2D eigenvalue weighted by Crippen LogP contribution is 2.30. The number of aromatic carboxylic acids is 1. The highest BCUT2D eigenvalue weighted by atomic mass is 16.4. The monoisotopic (exact) mass is 290 g/mol. The normalized spacial score (nSPS) is 25.6. The summed E-state index contributed by atoms with van der Waals surface area (Å²) in [6, 6.07) is 3.74. The van der Waals surface area contributed by atoms with Gasteiger partial charge in [0.15, 0.2) is 0 Å². The molecule has 21 heavy (non-hydrogen) atoms. The molecule has 0 amide bonds. The molecule has 1 aromatic rings. The molecule has 2 rings (SSSR count). The molecule has 1 fully saturated rings. The van der Waals surface area contributed by atoms with E-state index in [2.05, 4.69) is 31.1 Å². The van der Waals surface area contributed by atoms with Gasteiger partial charge in [-0.2, -0.15) is 0 Å². The van der Waals surface area contributed by atoms with Crippen molar-refractivity contribution in [2.45, 2.75) is 58.9 Å². The SMILES string of the molecule is CCCc1cc(C(=O)O)cc(NC2CC(C)CC(C)C2)n1. The summed E-state index contributed by atoms with van der Waals surface area (Å²) in [6.45, 7) is 6.65. The summed E-state index contributed by atoms with van der Waals surface area (Å²) in [5.74, 6) is 1.25. The first-order valence-electron chi connectivity index (χ1n) is 7.98. The third-order valence-electron chi connectivity index (χ3n) is 4.16. The van der Waals surface area contributed by atoms with Crippen LogP contribution in [0.25, 0.3) is 0 Å². The topological polar surface area (TPSA) is 62.2 Å². The van der Waals surface area contributed by atoms with Gasteiger partial charge in [0.05, 0.1) is 5.56 Å². The quantitative estimate of drug-likeness (QED) is 0.861. The Morgan fingerprint density at radius 1 is 1.29 bits per heavy atom. The predicted molar refractivity (Wildman–Crippen MR) is 84.8 cm³/mol. The molecule has 1 saturated carbocycles. The molecule has 0 spiro atoms. The largest absolute Gasteiger partial charge is 0.478 e. The van der Waals surface area contributed by atoms with Gasteiger partial charge in [-0.1, -0.05) is 27.2 Å². The molecular formula is C17H26N2O2. The Balaban J connectivity index is 2.16. The molecule has 1 aromatic heterocycles. The van der Waals surface area contributed by atoms with Crippen LogP contribution < -0.4 is 5.32 Å². The first-order valence-corrected chi connectivity index (χ1v) is 7.98. The smallest absolute Gasteiger partial charge is 0.335 e. The van der Waals surface area contributed by atoms with E-state index < -0.39 is 5.97 Å². The summed E-state index contributed by atoms with van der Waals surface area (Å²) in [5, 5.41) is 12.7. The lowest BCUT2D eigenvalue weighted by atomic mass is 9.80. The zero-order valence-electron chi connectivity index (χ0n) is 13.2. The van der Waals surface area contributed by atoms with Crippen LogP contribution in [0.15, 0.2) is 12.1 Å². The Morgan fingerprint density at radius 3 is 2.52 bits per heavy atom. The molecular weight excluding hydrogens is 264 g/mol. The second-order valence-electron chi connectivity index (χ2n) is 6.55. The lowest BCUT2D eigenvalue weighted by Crippen LogP contribution is -2.30. The van der Waals surface area contributed by atoms with Crippen molar-refractivity contribution in [1.82, 2.24) is 4.98 Å². The number of carboxylic acids is 1. The zero-order chi connectivity index (χ0) is 15.4. The van der Waals surface area contributed by atoms with Crippen molar-refractivity contribution in [3.63, 3.8) is 0 Å². The molecule has 116 valence electrons. The number of aromatic nitrogens is 1. The molecule has 1 aliphatic rings. The number of carboxylic acid groups (broad SMARTS) is 1. The molecule has 2 atom stereocenters. The van der Waals surface area contributed by atoms with Gasteiger partial charge in [-0.05, 0) is 49.7 Å². The molecule has 0 bridgehead atoms. The second-order valence-corrected chi connectivity index (χ2v) is 6.55. The number of nitrogens with zero attached hydrogens (tertiary/aromatic N) is 1. The van der Waals surface area contributed by atoms with Crippen molar-refractivity contribution in [2.75, 3.05) is 5.32 Å². The maximum Gasteiger partial charge on any atom is 0.335 e. The van der Waals surface area contributed by atoms with E-state index in [-0.39, 0.29) is 0 Å². The molecule has 0 saturated heterocycles. The summed E-state index contributed by atoms with van der Waals surface area (Å²) in [4.78, 5) is 15.8. The number of hydrogen-bond acceptors (Lipinski definition) is 3.